The molecule has 0 N–H and O–H groups in total. The zero-order valence-corrected chi connectivity index (χ0v) is 74.9. The van der Waals surface area contributed by atoms with Gasteiger partial charge >= 0.3 is 67.5 Å². The lowest BCUT2D eigenvalue weighted by molar-refractivity contribution is 0.589. The van der Waals surface area contributed by atoms with E-state index in [1.165, 1.54) is 65.0 Å². The highest BCUT2D eigenvalue weighted by atomic mass is 32.1. The molecule has 10 aliphatic heterocycles. The quantitative estimate of drug-likeness (QED) is 0.155. The van der Waals surface area contributed by atoms with Gasteiger partial charge in [0.2, 0.25) is 5.71 Å². The van der Waals surface area contributed by atoms with Crippen molar-refractivity contribution >= 4 is 209 Å². The molecule has 0 atom stereocenters. The molecule has 10 aliphatic rings. The molecule has 0 bridgehead atoms. The molecule has 26 rings (SSSR count). The molecule has 0 unspecified atom stereocenters. The highest BCUT2D eigenvalue weighted by Crippen LogP contribution is 2.49. The average molecular weight is 1700 g/mol. The number of hydrogen-bond acceptors (Lipinski definition) is 17. The van der Waals surface area contributed by atoms with Gasteiger partial charge in [-0.3, -0.25) is 17.6 Å². The Hall–Kier alpha value is -13.6. The topological polar surface area (TPSA) is 134 Å². The van der Waals surface area contributed by atoms with Gasteiger partial charge in [0.1, 0.15) is 16.6 Å². The number of nitrogens with zero attached hydrogens (tertiary/aromatic N) is 17. The number of rotatable bonds is 4. The number of imidazole rings is 4. The summed E-state index contributed by atoms with van der Waals surface area (Å²) in [5.74, 6) is 20.3. The van der Waals surface area contributed by atoms with E-state index in [-0.39, 0.29) is 77.5 Å². The van der Waals surface area contributed by atoms with E-state index >= 15 is 0 Å². The van der Waals surface area contributed by atoms with Gasteiger partial charge in [-0.2, -0.15) is 9.97 Å². The highest BCUT2D eigenvalue weighted by Gasteiger charge is 2.54. The zero-order chi connectivity index (χ0) is 86.4. The van der Waals surface area contributed by atoms with Crippen molar-refractivity contribution in [3.05, 3.63) is 354 Å². The molecule has 0 amide bonds. The Morgan fingerprint density at radius 1 is 0.297 bits per heavy atom. The number of para-hydroxylation sites is 5. The predicted octanol–water partition coefficient (Wildman–Crippen LogP) is 21.1. The summed E-state index contributed by atoms with van der Waals surface area (Å²) in [7, 11) is 0. The first-order valence-electron chi connectivity index (χ1n) is 44.4. The summed E-state index contributed by atoms with van der Waals surface area (Å²) in [5.41, 5.74) is 28.1. The van der Waals surface area contributed by atoms with Gasteiger partial charge in [-0.05, 0) is 237 Å². The van der Waals surface area contributed by atoms with Crippen LogP contribution in [-0.4, -0.2) is 136 Å². The lowest BCUT2D eigenvalue weighted by Crippen LogP contribution is -2.73. The molecule has 2 saturated heterocycles. The first kappa shape index (κ1) is 76.8. The Kier molecular flexibility index (Phi) is 16.8. The third-order valence-electron chi connectivity index (χ3n) is 27.2. The first-order chi connectivity index (χ1) is 62.0. The molecule has 9 aromatic heterocycles. The Balaban J connectivity index is 0.000000139. The second-order valence-electron chi connectivity index (χ2n) is 39.0. The summed E-state index contributed by atoms with van der Waals surface area (Å²) < 4.78 is 44.1. The Bertz CT molecular complexity index is 7120. The molecule has 7 aromatic carbocycles. The van der Waals surface area contributed by atoms with Crippen molar-refractivity contribution in [2.45, 2.75) is 105 Å². The molecule has 29 heteroatoms. The lowest BCUT2D eigenvalue weighted by Gasteiger charge is -2.53. The van der Waals surface area contributed by atoms with E-state index in [0.717, 1.165) is 92.9 Å². The molecule has 0 radical (unpaired) electrons. The monoisotopic (exact) mass is 1700 g/mol. The standard InChI is InChI=1S/C50H44B4N8S2.C49H43B4N9O2/c1-49(2,3)35-19-21-40-45(56-48-62(40)39-17-9-10-18-42(39)63-48)43(35)33-23-29-59-52-26-12-14-28-58(52)54-32-34(24-30-60(54)51-25-11-13-27-57(51)53(59)31-33)44-36(50(4,5)6)20-22-41-46(44)64-47-55-37-15-7-8-16-38(37)61(41)47;1-48(2,3)34-17-19-37-43(55-46-61(37)36-14-7-8-16-40(36)63-46)41(34)32-21-28-59-51-24-10-12-27-58(51)53-31-33(22-29-60(53)50-23-9-11-26-57(50)52(59)30-32)42-35(49(4,5)6)18-20-38-44(42)56-47-62(38)39-15-13-25-54-45(39)64-47/h7-32H,1-6H3;7-31H,1-6H3. The summed E-state index contributed by atoms with van der Waals surface area (Å²) in [6.07, 6.45) is 46.8. The molecular formula is C99H87B8N17O2S2. The normalized spacial score (nSPS) is 17.4. The van der Waals surface area contributed by atoms with Crippen LogP contribution in [-0.2, 0) is 21.7 Å². The van der Waals surface area contributed by atoms with Crippen LogP contribution in [0.5, 0.6) is 0 Å². The summed E-state index contributed by atoms with van der Waals surface area (Å²) in [4.78, 5) is 27.5. The van der Waals surface area contributed by atoms with Crippen molar-refractivity contribution in [1.82, 2.24) is 80.3 Å². The van der Waals surface area contributed by atoms with Gasteiger partial charge in [0.05, 0.1) is 59.1 Å². The number of pyridine rings is 1. The molecule has 2 fully saturated rings. The lowest BCUT2D eigenvalue weighted by atomic mass is 9.41. The number of oxazole rings is 2. The minimum absolute atomic E-state index is 0.0581. The predicted molar refractivity (Wildman–Crippen MR) is 536 cm³/mol. The molecule has 0 saturated carbocycles. The van der Waals surface area contributed by atoms with Crippen molar-refractivity contribution in [1.29, 1.82) is 0 Å². The second kappa shape index (κ2) is 27.9. The van der Waals surface area contributed by atoms with E-state index in [9.17, 15) is 0 Å². The van der Waals surface area contributed by atoms with E-state index in [2.05, 4.69) is 423 Å². The van der Waals surface area contributed by atoms with Crippen LogP contribution >= 0.6 is 22.7 Å². The van der Waals surface area contributed by atoms with Gasteiger partial charge in [-0.25, -0.2) is 15.0 Å². The third kappa shape index (κ3) is 11.6. The maximum absolute atomic E-state index is 6.34. The fourth-order valence-electron chi connectivity index (χ4n) is 21.4. The van der Waals surface area contributed by atoms with Crippen molar-refractivity contribution in [2.75, 3.05) is 0 Å². The van der Waals surface area contributed by atoms with Crippen molar-refractivity contribution in [3.8, 4) is 0 Å². The van der Waals surface area contributed by atoms with Crippen LogP contribution in [0.25, 0.3) is 131 Å². The molecule has 616 valence electrons. The maximum Gasteiger partial charge on any atom is 0.381 e. The van der Waals surface area contributed by atoms with Crippen LogP contribution < -0.4 is 0 Å². The number of hydrogen-bond donors (Lipinski definition) is 0. The van der Waals surface area contributed by atoms with Gasteiger partial charge in [-0.1, -0.05) is 239 Å². The number of allylic oxidation sites excluding steroid dienone is 16. The van der Waals surface area contributed by atoms with E-state index in [1.807, 2.05) is 24.3 Å². The van der Waals surface area contributed by atoms with E-state index in [0.29, 0.717) is 17.4 Å². The van der Waals surface area contributed by atoms with Crippen LogP contribution in [0.4, 0.5) is 0 Å². The van der Waals surface area contributed by atoms with Crippen LogP contribution in [0, 0.1) is 0 Å². The van der Waals surface area contributed by atoms with E-state index in [1.54, 1.807) is 28.9 Å². The fourth-order valence-corrected chi connectivity index (χ4v) is 23.6. The highest BCUT2D eigenvalue weighted by molar-refractivity contribution is 7.24. The Morgan fingerprint density at radius 3 is 1.16 bits per heavy atom. The minimum atomic E-state index is -0.157. The summed E-state index contributed by atoms with van der Waals surface area (Å²) in [6, 6.07) is 47.5. The molecule has 0 spiro atoms. The van der Waals surface area contributed by atoms with Gasteiger partial charge in [0.25, 0.3) is 0 Å². The van der Waals surface area contributed by atoms with Gasteiger partial charge < -0.3 is 46.6 Å². The van der Waals surface area contributed by atoms with Crippen molar-refractivity contribution in [3.63, 3.8) is 0 Å². The Labute approximate surface area is 752 Å². The Morgan fingerprint density at radius 2 is 0.672 bits per heavy atom. The van der Waals surface area contributed by atoms with Crippen LogP contribution in [0.2, 0.25) is 0 Å². The summed E-state index contributed by atoms with van der Waals surface area (Å²) >= 11 is 3.56. The number of aromatic nitrogens is 9. The molecule has 16 aromatic rings. The molecule has 0 aliphatic carbocycles. The summed E-state index contributed by atoms with van der Waals surface area (Å²) in [6.45, 7) is 26.8. The minimum Gasteiger partial charge on any atom is -0.423 e. The summed E-state index contributed by atoms with van der Waals surface area (Å²) in [5, 5.41) is 0. The van der Waals surface area contributed by atoms with Crippen LogP contribution in [0.3, 0.4) is 0 Å². The van der Waals surface area contributed by atoms with Gasteiger partial charge in [0, 0.05) is 28.5 Å². The fraction of sp³-hybridized carbons (Fsp3) is 0.162. The van der Waals surface area contributed by atoms with Crippen molar-refractivity contribution < 1.29 is 8.83 Å². The number of fused-ring (bicyclic) bond motifs is 36. The van der Waals surface area contributed by atoms with Crippen LogP contribution in [0.1, 0.15) is 128 Å². The van der Waals surface area contributed by atoms with E-state index in [4.69, 9.17) is 28.8 Å². The van der Waals surface area contributed by atoms with Gasteiger partial charge in [0.15, 0.2) is 15.5 Å². The smallest absolute Gasteiger partial charge is 0.381 e. The van der Waals surface area contributed by atoms with Crippen LogP contribution in [0.15, 0.2) is 319 Å². The second-order valence-corrected chi connectivity index (χ2v) is 41.0. The molecule has 128 heavy (non-hydrogen) atoms. The maximum atomic E-state index is 6.34. The van der Waals surface area contributed by atoms with E-state index < -0.39 is 0 Å². The molecule has 19 heterocycles. The molecular weight excluding hydrogens is 1610 g/mol. The number of thiazole rings is 2. The molecule has 19 nitrogen and oxygen atoms in total. The third-order valence-corrected chi connectivity index (χ3v) is 29.3. The largest absolute Gasteiger partial charge is 0.423 e. The van der Waals surface area contributed by atoms with Gasteiger partial charge in [-0.15, -0.1) is 0 Å². The van der Waals surface area contributed by atoms with Crippen molar-refractivity contribution in [2.24, 2.45) is 0 Å². The SMILES string of the molecule is CC(C)(C)c1ccc2c(nc3oc4ccccc4n32)c1C1=CB2N(C=C1)B1C=CC=CN1B1C=C(c3c(C(C)(C)C)ccc4c3nc3oc5ncccc5n34)C=CN1B1C=CC=CN12.CC(C)(C)c1ccc2c(nc3sc4ccccc4n32)c1C1=CB2N(C=C1)B1C=CC=CN1B1C=C(c3c(C(C)(C)C)ccc4c3sc3nc5ccccc5n34)C=CN1B1C=CC=CN12. The average Bonchev–Trinajstić information content (AvgIpc) is 1.48. The first-order valence-corrected chi connectivity index (χ1v) is 46.1. The number of benzene rings is 7. The zero-order valence-electron chi connectivity index (χ0n) is 73.3.